The van der Waals surface area contributed by atoms with Gasteiger partial charge in [0.05, 0.1) is 11.7 Å². The van der Waals surface area contributed by atoms with E-state index in [1.807, 2.05) is 0 Å². The Morgan fingerprint density at radius 1 is 1.29 bits per heavy atom. The molecule has 1 heterocycles. The Labute approximate surface area is 91.4 Å². The highest BCUT2D eigenvalue weighted by molar-refractivity contribution is 9.10. The highest BCUT2D eigenvalue weighted by Crippen LogP contribution is 2.28. The molecule has 0 unspecified atom stereocenters. The summed E-state index contributed by atoms with van der Waals surface area (Å²) in [5.74, 6) is 0. The molecule has 0 spiro atoms. The van der Waals surface area contributed by atoms with E-state index in [1.165, 1.54) is 6.07 Å². The topological polar surface area (TPSA) is 59.9 Å². The van der Waals surface area contributed by atoms with Gasteiger partial charge in [0, 0.05) is 4.47 Å². The maximum atomic E-state index is 12.8. The monoisotopic (exact) mass is 296 g/mol. The van der Waals surface area contributed by atoms with Crippen molar-refractivity contribution in [3.05, 3.63) is 16.6 Å². The molecule has 14 heavy (non-hydrogen) atoms. The van der Waals surface area contributed by atoms with Crippen molar-refractivity contribution >= 4 is 48.9 Å². The predicted molar refractivity (Wildman–Crippen MR) is 53.4 cm³/mol. The molecule has 0 aliphatic carbocycles. The minimum atomic E-state index is -4.73. The van der Waals surface area contributed by atoms with Crippen LogP contribution < -0.4 is 0 Å². The molecule has 0 fully saturated rings. The maximum absolute atomic E-state index is 12.8. The second-order valence-electron chi connectivity index (χ2n) is 2.44. The molecule has 0 aliphatic heterocycles. The number of rotatable bonds is 1. The van der Waals surface area contributed by atoms with Crippen LogP contribution in [0.25, 0.3) is 11.0 Å². The summed E-state index contributed by atoms with van der Waals surface area (Å²) >= 11 is 4.00. The van der Waals surface area contributed by atoms with Gasteiger partial charge in [-0.25, -0.2) is 0 Å². The Morgan fingerprint density at radius 3 is 2.57 bits per heavy atom. The smallest absolute Gasteiger partial charge is 0.189 e. The van der Waals surface area contributed by atoms with Gasteiger partial charge in [-0.2, -0.15) is 17.2 Å². The van der Waals surface area contributed by atoms with Crippen molar-refractivity contribution in [3.8, 4) is 0 Å². The highest BCUT2D eigenvalue weighted by atomic mass is 79.9. The van der Waals surface area contributed by atoms with Crippen LogP contribution in [0.1, 0.15) is 0 Å². The normalized spacial score (nSPS) is 12.1. The minimum Gasteiger partial charge on any atom is -0.189 e. The van der Waals surface area contributed by atoms with Crippen LogP contribution in [0, 0.1) is 0 Å². The lowest BCUT2D eigenvalue weighted by atomic mass is 10.3. The zero-order chi connectivity index (χ0) is 10.3. The van der Waals surface area contributed by atoms with Crippen LogP contribution >= 0.6 is 27.7 Å². The van der Waals surface area contributed by atoms with Gasteiger partial charge in [-0.15, -0.1) is 3.89 Å². The first-order valence-electron chi connectivity index (χ1n) is 3.35. The van der Waals surface area contributed by atoms with Gasteiger partial charge in [-0.3, -0.25) is 0 Å². The van der Waals surface area contributed by atoms with Crippen molar-refractivity contribution in [2.75, 3.05) is 0 Å². The number of aromatic nitrogens is 2. The van der Waals surface area contributed by atoms with Gasteiger partial charge < -0.3 is 0 Å². The summed E-state index contributed by atoms with van der Waals surface area (Å²) in [5.41, 5.74) is 0.417. The first-order valence-corrected chi connectivity index (χ1v) is 6.26. The lowest BCUT2D eigenvalue weighted by Crippen LogP contribution is -1.93. The number of fused-ring (bicyclic) bond motifs is 1. The number of halogens is 2. The average molecular weight is 297 g/mol. The SMILES string of the molecule is O=S(=O)(F)c1ccc(Br)c2nsnc12. The Balaban J connectivity index is 2.93. The molecule has 4 nitrogen and oxygen atoms in total. The molecule has 0 radical (unpaired) electrons. The van der Waals surface area contributed by atoms with Crippen molar-refractivity contribution in [2.24, 2.45) is 0 Å². The maximum Gasteiger partial charge on any atom is 0.334 e. The van der Waals surface area contributed by atoms with Crippen LogP contribution in [0.3, 0.4) is 0 Å². The Hall–Kier alpha value is -0.600. The molecular weight excluding hydrogens is 295 g/mol. The molecule has 0 N–H and O–H groups in total. The third-order valence-corrected chi connectivity index (χ3v) is 3.61. The van der Waals surface area contributed by atoms with Crippen molar-refractivity contribution in [1.29, 1.82) is 0 Å². The molecule has 0 aliphatic rings. The summed E-state index contributed by atoms with van der Waals surface area (Å²) in [4.78, 5) is -0.440. The van der Waals surface area contributed by atoms with Crippen LogP contribution in [-0.2, 0) is 10.2 Å². The first kappa shape index (κ1) is 9.94. The van der Waals surface area contributed by atoms with E-state index < -0.39 is 15.1 Å². The van der Waals surface area contributed by atoms with Crippen molar-refractivity contribution in [2.45, 2.75) is 4.90 Å². The number of hydrogen-bond donors (Lipinski definition) is 0. The van der Waals surface area contributed by atoms with E-state index in [1.54, 1.807) is 0 Å². The summed E-state index contributed by atoms with van der Waals surface area (Å²) in [6, 6.07) is 2.58. The van der Waals surface area contributed by atoms with Gasteiger partial charge in [-0.05, 0) is 28.1 Å². The first-order chi connectivity index (χ1) is 6.50. The van der Waals surface area contributed by atoms with Gasteiger partial charge in [0.2, 0.25) is 0 Å². The van der Waals surface area contributed by atoms with Crippen molar-refractivity contribution < 1.29 is 12.3 Å². The van der Waals surface area contributed by atoms with Gasteiger partial charge in [-0.1, -0.05) is 0 Å². The minimum absolute atomic E-state index is 0.0619. The molecule has 8 heteroatoms. The number of nitrogens with zero attached hydrogens (tertiary/aromatic N) is 2. The molecule has 1 aromatic carbocycles. The zero-order valence-corrected chi connectivity index (χ0v) is 9.66. The van der Waals surface area contributed by atoms with Gasteiger partial charge in [0.25, 0.3) is 0 Å². The summed E-state index contributed by atoms with van der Waals surface area (Å²) in [5, 5.41) is 0. The number of hydrogen-bond acceptors (Lipinski definition) is 5. The number of benzene rings is 1. The van der Waals surface area contributed by atoms with Gasteiger partial charge >= 0.3 is 10.2 Å². The fourth-order valence-corrected chi connectivity index (χ4v) is 2.77. The molecule has 0 amide bonds. The Kier molecular flexibility index (Phi) is 2.28. The molecule has 0 saturated heterocycles. The second kappa shape index (κ2) is 3.21. The molecule has 0 saturated carbocycles. The van der Waals surface area contributed by atoms with E-state index in [0.717, 1.165) is 17.8 Å². The quantitative estimate of drug-likeness (QED) is 0.756. The molecule has 2 rings (SSSR count). The van der Waals surface area contributed by atoms with Crippen molar-refractivity contribution in [1.82, 2.24) is 8.75 Å². The molecule has 0 atom stereocenters. The standard InChI is InChI=1S/C6H2BrFN2O2S2/c7-3-1-2-4(14(8,11)12)6-5(3)9-13-10-6/h1-2H. The van der Waals surface area contributed by atoms with E-state index >= 15 is 0 Å². The third kappa shape index (κ3) is 1.53. The lowest BCUT2D eigenvalue weighted by molar-refractivity contribution is 0.553. The van der Waals surface area contributed by atoms with Crippen LogP contribution in [-0.4, -0.2) is 17.2 Å². The summed E-state index contributed by atoms with van der Waals surface area (Å²) in [6.45, 7) is 0. The Morgan fingerprint density at radius 2 is 1.93 bits per heavy atom. The van der Waals surface area contributed by atoms with E-state index in [4.69, 9.17) is 0 Å². The van der Waals surface area contributed by atoms with Crippen LogP contribution in [0.4, 0.5) is 3.89 Å². The van der Waals surface area contributed by atoms with E-state index in [0.29, 0.717) is 9.99 Å². The van der Waals surface area contributed by atoms with E-state index in [2.05, 4.69) is 24.7 Å². The third-order valence-electron chi connectivity index (χ3n) is 1.59. The van der Waals surface area contributed by atoms with Gasteiger partial charge in [0.15, 0.2) is 0 Å². The van der Waals surface area contributed by atoms with Crippen LogP contribution in [0.5, 0.6) is 0 Å². The van der Waals surface area contributed by atoms with Crippen LogP contribution in [0.15, 0.2) is 21.5 Å². The van der Waals surface area contributed by atoms with Gasteiger partial charge in [0.1, 0.15) is 15.9 Å². The second-order valence-corrected chi connectivity index (χ2v) is 5.14. The molecule has 74 valence electrons. The van der Waals surface area contributed by atoms with E-state index in [9.17, 15) is 12.3 Å². The van der Waals surface area contributed by atoms with Crippen LogP contribution in [0.2, 0.25) is 0 Å². The summed E-state index contributed by atoms with van der Waals surface area (Å²) in [6.07, 6.45) is 0. The molecule has 1 aromatic heterocycles. The molecular formula is C6H2BrFN2O2S2. The fourth-order valence-electron chi connectivity index (χ4n) is 1.01. The largest absolute Gasteiger partial charge is 0.334 e. The molecule has 2 aromatic rings. The van der Waals surface area contributed by atoms with Crippen molar-refractivity contribution in [3.63, 3.8) is 0 Å². The summed E-state index contributed by atoms with van der Waals surface area (Å²) < 4.78 is 42.3. The van der Waals surface area contributed by atoms with E-state index in [-0.39, 0.29) is 5.52 Å². The zero-order valence-electron chi connectivity index (χ0n) is 6.44. The molecule has 0 bridgehead atoms. The predicted octanol–water partition coefficient (Wildman–Crippen LogP) is 2.11. The highest BCUT2D eigenvalue weighted by Gasteiger charge is 2.19. The fraction of sp³-hybridized carbons (Fsp3) is 0. The average Bonchev–Trinajstić information content (AvgIpc) is 2.50. The summed E-state index contributed by atoms with van der Waals surface area (Å²) in [7, 11) is -4.73. The Bertz CT molecular complexity index is 595. The lowest BCUT2D eigenvalue weighted by Gasteiger charge is -1.96.